The predicted octanol–water partition coefficient (Wildman–Crippen LogP) is 1.98. The molecule has 0 aromatic heterocycles. The molecule has 2 atom stereocenters. The van der Waals surface area contributed by atoms with Crippen LogP contribution < -0.4 is 11.1 Å². The molecule has 1 saturated carbocycles. The number of hydrogen-bond donors (Lipinski definition) is 2. The second kappa shape index (κ2) is 6.20. The maximum absolute atomic E-state index is 11.8. The molecule has 2 unspecified atom stereocenters. The van der Waals surface area contributed by atoms with Crippen LogP contribution in [0.2, 0.25) is 0 Å². The first-order chi connectivity index (χ1) is 8.25. The van der Waals surface area contributed by atoms with E-state index in [1.54, 1.807) is 0 Å². The van der Waals surface area contributed by atoms with Gasteiger partial charge in [-0.25, -0.2) is 0 Å². The van der Waals surface area contributed by atoms with Crippen LogP contribution in [0.1, 0.15) is 44.9 Å². The van der Waals surface area contributed by atoms with Crippen molar-refractivity contribution in [3.8, 4) is 0 Å². The molecule has 0 saturated heterocycles. The highest BCUT2D eigenvalue weighted by Crippen LogP contribution is 2.25. The van der Waals surface area contributed by atoms with Crippen molar-refractivity contribution < 1.29 is 4.79 Å². The van der Waals surface area contributed by atoms with Crippen LogP contribution in [0.25, 0.3) is 0 Å². The lowest BCUT2D eigenvalue weighted by Gasteiger charge is -2.21. The van der Waals surface area contributed by atoms with Gasteiger partial charge in [-0.1, -0.05) is 44.3 Å². The number of carbonyl (C=O) groups is 1. The molecule has 0 heterocycles. The number of rotatable bonds is 4. The Morgan fingerprint density at radius 2 is 2.00 bits per heavy atom. The Labute approximate surface area is 104 Å². The van der Waals surface area contributed by atoms with Crippen LogP contribution in [-0.2, 0) is 4.79 Å². The van der Waals surface area contributed by atoms with Gasteiger partial charge < -0.3 is 11.1 Å². The first-order valence-corrected chi connectivity index (χ1v) is 6.97. The molecule has 0 spiro atoms. The van der Waals surface area contributed by atoms with Crippen LogP contribution in [0.4, 0.5) is 0 Å². The number of nitrogens with two attached hydrogens (primary N) is 1. The summed E-state index contributed by atoms with van der Waals surface area (Å²) < 4.78 is 0. The van der Waals surface area contributed by atoms with Gasteiger partial charge in [0.15, 0.2) is 0 Å². The zero-order chi connectivity index (χ0) is 12.1. The van der Waals surface area contributed by atoms with Crippen LogP contribution >= 0.6 is 0 Å². The molecule has 1 fully saturated rings. The van der Waals surface area contributed by atoms with E-state index >= 15 is 0 Å². The number of nitrogens with one attached hydrogen (secondary N) is 1. The van der Waals surface area contributed by atoms with Crippen molar-refractivity contribution in [3.05, 3.63) is 12.2 Å². The molecular formula is C14H24N2O. The Hall–Kier alpha value is -0.830. The maximum atomic E-state index is 11.8. The minimum absolute atomic E-state index is 0.0105. The lowest BCUT2D eigenvalue weighted by Crippen LogP contribution is -2.32. The average Bonchev–Trinajstić information content (AvgIpc) is 2.77. The van der Waals surface area contributed by atoms with Gasteiger partial charge in [0.05, 0.1) is 5.92 Å². The molecular weight excluding hydrogens is 212 g/mol. The Morgan fingerprint density at radius 1 is 1.24 bits per heavy atom. The normalized spacial score (nSPS) is 29.5. The van der Waals surface area contributed by atoms with E-state index in [0.29, 0.717) is 0 Å². The van der Waals surface area contributed by atoms with E-state index in [4.69, 9.17) is 5.73 Å². The van der Waals surface area contributed by atoms with Crippen molar-refractivity contribution in [1.29, 1.82) is 0 Å². The van der Waals surface area contributed by atoms with Gasteiger partial charge in [-0.15, -0.1) is 0 Å². The van der Waals surface area contributed by atoms with E-state index in [2.05, 4.69) is 5.32 Å². The van der Waals surface area contributed by atoms with Gasteiger partial charge >= 0.3 is 0 Å². The van der Waals surface area contributed by atoms with E-state index in [1.807, 2.05) is 12.2 Å². The van der Waals surface area contributed by atoms with E-state index in [-0.39, 0.29) is 17.9 Å². The number of carbonyl (C=O) groups excluding carboxylic acids is 1. The Morgan fingerprint density at radius 3 is 2.65 bits per heavy atom. The fourth-order valence-corrected chi connectivity index (χ4v) is 2.93. The molecule has 0 bridgehead atoms. The average molecular weight is 236 g/mol. The molecule has 0 aromatic rings. The van der Waals surface area contributed by atoms with Gasteiger partial charge in [-0.05, 0) is 18.8 Å². The first kappa shape index (κ1) is 12.6. The third-order valence-corrected chi connectivity index (χ3v) is 4.03. The summed E-state index contributed by atoms with van der Waals surface area (Å²) >= 11 is 0. The van der Waals surface area contributed by atoms with Gasteiger partial charge in [0.2, 0.25) is 5.91 Å². The van der Waals surface area contributed by atoms with Gasteiger partial charge in [-0.2, -0.15) is 0 Å². The molecule has 1 amide bonds. The lowest BCUT2D eigenvalue weighted by atomic mass is 9.87. The van der Waals surface area contributed by atoms with Crippen molar-refractivity contribution in [2.75, 3.05) is 6.54 Å². The molecule has 0 aromatic carbocycles. The summed E-state index contributed by atoms with van der Waals surface area (Å²) in [5.41, 5.74) is 5.74. The Bertz CT molecular complexity index is 282. The van der Waals surface area contributed by atoms with Gasteiger partial charge in [-0.3, -0.25) is 4.79 Å². The van der Waals surface area contributed by atoms with Crippen LogP contribution in [0.5, 0.6) is 0 Å². The maximum Gasteiger partial charge on any atom is 0.226 e. The second-order valence-electron chi connectivity index (χ2n) is 5.47. The molecule has 3 N–H and O–H groups in total. The summed E-state index contributed by atoms with van der Waals surface area (Å²) in [5, 5.41) is 3.05. The monoisotopic (exact) mass is 236 g/mol. The molecule has 96 valence electrons. The summed E-state index contributed by atoms with van der Waals surface area (Å²) in [6.07, 6.45) is 12.6. The minimum Gasteiger partial charge on any atom is -0.356 e. The fraction of sp³-hybridized carbons (Fsp3) is 0.786. The van der Waals surface area contributed by atoms with E-state index < -0.39 is 0 Å². The summed E-state index contributed by atoms with van der Waals surface area (Å²) in [6.45, 7) is 0.836. The second-order valence-corrected chi connectivity index (χ2v) is 5.47. The predicted molar refractivity (Wildman–Crippen MR) is 69.4 cm³/mol. The summed E-state index contributed by atoms with van der Waals surface area (Å²) in [6, 6.07) is 0.0732. The fourth-order valence-electron chi connectivity index (χ4n) is 2.93. The Kier molecular flexibility index (Phi) is 4.60. The van der Waals surface area contributed by atoms with Gasteiger partial charge in [0.25, 0.3) is 0 Å². The van der Waals surface area contributed by atoms with E-state index in [0.717, 1.165) is 25.3 Å². The standard InChI is InChI=1S/C14H24N2O/c15-13-7-6-12(10-13)14(17)16-9-8-11-4-2-1-3-5-11/h6-7,11-13H,1-5,8-10,15H2,(H,16,17). The van der Waals surface area contributed by atoms with Gasteiger partial charge in [0, 0.05) is 12.6 Å². The lowest BCUT2D eigenvalue weighted by molar-refractivity contribution is -0.123. The number of hydrogen-bond acceptors (Lipinski definition) is 2. The van der Waals surface area contributed by atoms with Gasteiger partial charge in [0.1, 0.15) is 0 Å². The third-order valence-electron chi connectivity index (χ3n) is 4.03. The third kappa shape index (κ3) is 3.84. The molecule has 0 aliphatic heterocycles. The summed E-state index contributed by atoms with van der Waals surface area (Å²) in [4.78, 5) is 11.8. The zero-order valence-corrected chi connectivity index (χ0v) is 10.5. The van der Waals surface area contributed by atoms with Crippen LogP contribution in [-0.4, -0.2) is 18.5 Å². The highest BCUT2D eigenvalue weighted by atomic mass is 16.1. The molecule has 2 rings (SSSR count). The van der Waals surface area contributed by atoms with E-state index in [9.17, 15) is 4.79 Å². The first-order valence-electron chi connectivity index (χ1n) is 6.97. The van der Waals surface area contributed by atoms with Crippen molar-refractivity contribution in [3.63, 3.8) is 0 Å². The van der Waals surface area contributed by atoms with Crippen molar-refractivity contribution in [2.24, 2.45) is 17.6 Å². The molecule has 3 nitrogen and oxygen atoms in total. The molecule has 2 aliphatic rings. The smallest absolute Gasteiger partial charge is 0.226 e. The van der Waals surface area contributed by atoms with Crippen LogP contribution in [0, 0.1) is 11.8 Å². The topological polar surface area (TPSA) is 55.1 Å². The van der Waals surface area contributed by atoms with Crippen LogP contribution in [0.15, 0.2) is 12.2 Å². The minimum atomic E-state index is 0.0105. The SMILES string of the molecule is NC1C=CC(C(=O)NCCC2CCCCC2)C1. The van der Waals surface area contributed by atoms with E-state index in [1.165, 1.54) is 32.1 Å². The molecule has 0 radical (unpaired) electrons. The van der Waals surface area contributed by atoms with Crippen molar-refractivity contribution in [1.82, 2.24) is 5.32 Å². The molecule has 17 heavy (non-hydrogen) atoms. The van der Waals surface area contributed by atoms with Crippen molar-refractivity contribution >= 4 is 5.91 Å². The highest BCUT2D eigenvalue weighted by Gasteiger charge is 2.22. The zero-order valence-electron chi connectivity index (χ0n) is 10.5. The quantitative estimate of drug-likeness (QED) is 0.733. The number of amides is 1. The molecule has 3 heteroatoms. The molecule has 2 aliphatic carbocycles. The summed E-state index contributed by atoms with van der Waals surface area (Å²) in [7, 11) is 0. The van der Waals surface area contributed by atoms with Crippen LogP contribution in [0.3, 0.4) is 0 Å². The largest absolute Gasteiger partial charge is 0.356 e. The Balaban J connectivity index is 1.61. The summed E-state index contributed by atoms with van der Waals surface area (Å²) in [5.74, 6) is 1.01. The highest BCUT2D eigenvalue weighted by molar-refractivity contribution is 5.81. The van der Waals surface area contributed by atoms with Crippen molar-refractivity contribution in [2.45, 2.75) is 51.0 Å².